The van der Waals surface area contributed by atoms with Gasteiger partial charge in [-0.25, -0.2) is 0 Å². The molecular weight excluding hydrogens is 266 g/mol. The van der Waals surface area contributed by atoms with Gasteiger partial charge in [-0.3, -0.25) is 9.48 Å². The topological polar surface area (TPSA) is 62.2 Å². The molecule has 6 heteroatoms. The molecule has 0 aliphatic carbocycles. The van der Waals surface area contributed by atoms with E-state index in [1.165, 1.54) is 0 Å². The molecule has 6 nitrogen and oxygen atoms in total. The van der Waals surface area contributed by atoms with Crippen LogP contribution in [0.5, 0.6) is 0 Å². The highest BCUT2D eigenvalue weighted by atomic mass is 16.2. The molecule has 1 amide bonds. The molecule has 0 radical (unpaired) electrons. The summed E-state index contributed by atoms with van der Waals surface area (Å²) in [6, 6.07) is -0.0576. The first kappa shape index (κ1) is 16.0. The Balaban J connectivity index is 1.80. The summed E-state index contributed by atoms with van der Waals surface area (Å²) in [5.41, 5.74) is 0.784. The number of amides is 1. The van der Waals surface area contributed by atoms with E-state index in [1.807, 2.05) is 10.9 Å². The van der Waals surface area contributed by atoms with E-state index in [4.69, 9.17) is 0 Å². The largest absolute Gasteiger partial charge is 0.322 e. The number of aromatic nitrogens is 2. The number of rotatable bonds is 7. The summed E-state index contributed by atoms with van der Waals surface area (Å²) >= 11 is 0. The molecule has 2 rings (SSSR count). The van der Waals surface area contributed by atoms with Crippen molar-refractivity contribution < 1.29 is 4.79 Å². The Kier molecular flexibility index (Phi) is 6.20. The maximum absolute atomic E-state index is 12.1. The molecule has 0 aromatic carbocycles. The molecular formula is C15H27N5O. The van der Waals surface area contributed by atoms with Crippen LogP contribution in [-0.2, 0) is 11.3 Å². The summed E-state index contributed by atoms with van der Waals surface area (Å²) in [4.78, 5) is 14.5. The number of nitrogens with zero attached hydrogens (tertiary/aromatic N) is 3. The number of anilines is 1. The first-order chi connectivity index (χ1) is 10.2. The lowest BCUT2D eigenvalue weighted by Crippen LogP contribution is -2.43. The van der Waals surface area contributed by atoms with Crippen molar-refractivity contribution in [3.63, 3.8) is 0 Å². The van der Waals surface area contributed by atoms with Crippen LogP contribution >= 0.6 is 0 Å². The molecule has 0 saturated carbocycles. The van der Waals surface area contributed by atoms with Crippen molar-refractivity contribution in [1.29, 1.82) is 0 Å². The average molecular weight is 293 g/mol. The van der Waals surface area contributed by atoms with Crippen LogP contribution in [0.25, 0.3) is 0 Å². The zero-order valence-electron chi connectivity index (χ0n) is 13.1. The molecule has 1 fully saturated rings. The summed E-state index contributed by atoms with van der Waals surface area (Å²) in [6.45, 7) is 9.18. The Morgan fingerprint density at radius 1 is 1.48 bits per heavy atom. The standard InChI is InChI=1S/C15H27N5O/c1-3-19(4-2)9-10-20-12-13(11-17-20)18-15(21)14-7-5-6-8-16-14/h11-12,14,16H,3-10H2,1-2H3,(H,18,21)/t14-/m0/s1. The minimum Gasteiger partial charge on any atom is -0.322 e. The van der Waals surface area contributed by atoms with Crippen molar-refractivity contribution in [1.82, 2.24) is 20.0 Å². The first-order valence-corrected chi connectivity index (χ1v) is 8.02. The summed E-state index contributed by atoms with van der Waals surface area (Å²) in [5, 5.41) is 10.5. The molecule has 21 heavy (non-hydrogen) atoms. The van der Waals surface area contributed by atoms with Crippen LogP contribution in [0.15, 0.2) is 12.4 Å². The van der Waals surface area contributed by atoms with E-state index in [0.29, 0.717) is 0 Å². The molecule has 2 heterocycles. The molecule has 0 spiro atoms. The Hall–Kier alpha value is -1.40. The Bertz CT molecular complexity index is 435. The molecule has 1 aromatic heterocycles. The fourth-order valence-electron chi connectivity index (χ4n) is 2.64. The molecule has 1 aliphatic heterocycles. The third-order valence-electron chi connectivity index (χ3n) is 4.07. The Morgan fingerprint density at radius 3 is 2.95 bits per heavy atom. The van der Waals surface area contributed by atoms with Gasteiger partial charge in [0.15, 0.2) is 0 Å². The zero-order valence-corrected chi connectivity index (χ0v) is 13.1. The van der Waals surface area contributed by atoms with E-state index >= 15 is 0 Å². The highest BCUT2D eigenvalue weighted by Gasteiger charge is 2.20. The quantitative estimate of drug-likeness (QED) is 0.795. The van der Waals surface area contributed by atoms with Crippen LogP contribution < -0.4 is 10.6 Å². The van der Waals surface area contributed by atoms with Crippen LogP contribution in [-0.4, -0.2) is 52.8 Å². The smallest absolute Gasteiger partial charge is 0.241 e. The van der Waals surface area contributed by atoms with E-state index in [9.17, 15) is 4.79 Å². The molecule has 1 aliphatic rings. The summed E-state index contributed by atoms with van der Waals surface area (Å²) in [6.07, 6.45) is 6.83. The third-order valence-corrected chi connectivity index (χ3v) is 4.07. The summed E-state index contributed by atoms with van der Waals surface area (Å²) in [7, 11) is 0. The van der Waals surface area contributed by atoms with Gasteiger partial charge in [-0.1, -0.05) is 20.3 Å². The number of hydrogen-bond donors (Lipinski definition) is 2. The van der Waals surface area contributed by atoms with Gasteiger partial charge in [0, 0.05) is 12.7 Å². The van der Waals surface area contributed by atoms with Crippen molar-refractivity contribution in [3.8, 4) is 0 Å². The fourth-order valence-corrected chi connectivity index (χ4v) is 2.64. The molecule has 118 valence electrons. The number of likely N-dealkylation sites (N-methyl/N-ethyl adjacent to an activating group) is 1. The molecule has 0 unspecified atom stereocenters. The van der Waals surface area contributed by atoms with Gasteiger partial charge in [0.25, 0.3) is 0 Å². The van der Waals surface area contributed by atoms with Gasteiger partial charge < -0.3 is 15.5 Å². The van der Waals surface area contributed by atoms with Crippen molar-refractivity contribution in [2.45, 2.75) is 45.7 Å². The van der Waals surface area contributed by atoms with E-state index in [-0.39, 0.29) is 11.9 Å². The van der Waals surface area contributed by atoms with Gasteiger partial charge in [-0.2, -0.15) is 5.10 Å². The highest BCUT2D eigenvalue weighted by Crippen LogP contribution is 2.11. The SMILES string of the molecule is CCN(CC)CCn1cc(NC(=O)[C@@H]2CCCCN2)cn1. The van der Waals surface area contributed by atoms with Gasteiger partial charge >= 0.3 is 0 Å². The second-order valence-corrected chi connectivity index (χ2v) is 5.51. The van der Waals surface area contributed by atoms with Crippen LogP contribution in [0, 0.1) is 0 Å². The Labute approximate surface area is 126 Å². The number of carbonyl (C=O) groups is 1. The monoisotopic (exact) mass is 293 g/mol. The third kappa shape index (κ3) is 4.82. The molecule has 0 bridgehead atoms. The molecule has 2 N–H and O–H groups in total. The van der Waals surface area contributed by atoms with E-state index < -0.39 is 0 Å². The van der Waals surface area contributed by atoms with Gasteiger partial charge in [-0.15, -0.1) is 0 Å². The lowest BCUT2D eigenvalue weighted by Gasteiger charge is -2.22. The van der Waals surface area contributed by atoms with Crippen molar-refractivity contribution in [2.24, 2.45) is 0 Å². The minimum atomic E-state index is -0.0576. The van der Waals surface area contributed by atoms with Crippen molar-refractivity contribution in [3.05, 3.63) is 12.4 Å². The average Bonchev–Trinajstić information content (AvgIpc) is 2.96. The lowest BCUT2D eigenvalue weighted by molar-refractivity contribution is -0.118. The number of hydrogen-bond acceptors (Lipinski definition) is 4. The van der Waals surface area contributed by atoms with Crippen LogP contribution in [0.4, 0.5) is 5.69 Å². The van der Waals surface area contributed by atoms with Gasteiger partial charge in [0.2, 0.25) is 5.91 Å². The van der Waals surface area contributed by atoms with E-state index in [0.717, 1.165) is 57.7 Å². The normalized spacial score (nSPS) is 18.9. The summed E-state index contributed by atoms with van der Waals surface area (Å²) in [5.74, 6) is 0.0537. The van der Waals surface area contributed by atoms with Crippen LogP contribution in [0.1, 0.15) is 33.1 Å². The number of carbonyl (C=O) groups excluding carboxylic acids is 1. The van der Waals surface area contributed by atoms with Gasteiger partial charge in [0.05, 0.1) is 24.5 Å². The molecule has 1 saturated heterocycles. The maximum Gasteiger partial charge on any atom is 0.241 e. The predicted octanol–water partition coefficient (Wildman–Crippen LogP) is 1.31. The number of nitrogens with one attached hydrogen (secondary N) is 2. The second kappa shape index (κ2) is 8.14. The van der Waals surface area contributed by atoms with E-state index in [1.54, 1.807) is 6.20 Å². The molecule has 1 atom stereocenters. The lowest BCUT2D eigenvalue weighted by atomic mass is 10.0. The summed E-state index contributed by atoms with van der Waals surface area (Å²) < 4.78 is 1.89. The van der Waals surface area contributed by atoms with Gasteiger partial charge in [0.1, 0.15) is 0 Å². The van der Waals surface area contributed by atoms with Crippen LogP contribution in [0.3, 0.4) is 0 Å². The fraction of sp³-hybridized carbons (Fsp3) is 0.733. The first-order valence-electron chi connectivity index (χ1n) is 8.02. The molecule has 1 aromatic rings. The highest BCUT2D eigenvalue weighted by molar-refractivity contribution is 5.94. The predicted molar refractivity (Wildman–Crippen MR) is 84.3 cm³/mol. The Morgan fingerprint density at radius 2 is 2.29 bits per heavy atom. The maximum atomic E-state index is 12.1. The van der Waals surface area contributed by atoms with Crippen LogP contribution in [0.2, 0.25) is 0 Å². The van der Waals surface area contributed by atoms with Crippen molar-refractivity contribution >= 4 is 11.6 Å². The zero-order chi connectivity index (χ0) is 15.1. The van der Waals surface area contributed by atoms with Crippen molar-refractivity contribution in [2.75, 3.05) is 31.5 Å². The minimum absolute atomic E-state index is 0.0537. The number of piperidine rings is 1. The second-order valence-electron chi connectivity index (χ2n) is 5.51. The van der Waals surface area contributed by atoms with E-state index in [2.05, 4.69) is 34.5 Å². The van der Waals surface area contributed by atoms with Gasteiger partial charge in [-0.05, 0) is 32.5 Å².